The van der Waals surface area contributed by atoms with Crippen LogP contribution in [0.3, 0.4) is 0 Å². The van der Waals surface area contributed by atoms with Crippen molar-refractivity contribution < 1.29 is 28.9 Å². The Morgan fingerprint density at radius 3 is 2.45 bits per heavy atom. The van der Waals surface area contributed by atoms with E-state index in [0.717, 1.165) is 0 Å². The van der Waals surface area contributed by atoms with Crippen molar-refractivity contribution in [1.29, 1.82) is 0 Å². The highest BCUT2D eigenvalue weighted by atomic mass is 79.9. The van der Waals surface area contributed by atoms with Crippen molar-refractivity contribution in [2.45, 2.75) is 12.5 Å². The number of carbonyl (C=O) groups excluding carboxylic acids is 1. The fraction of sp³-hybridized carbons (Fsp3) is 0.429. The van der Waals surface area contributed by atoms with Crippen LogP contribution in [0.15, 0.2) is 16.6 Å². The number of rotatable bonds is 8. The standard InChI is InChI=1S/C14H18BrNO6/c1-20-5-4-10(14(18)19)16-13(17)8-6-9(15)12(22-3)11(7-8)21-2/h6-7,10H,4-5H2,1-3H3,(H,16,17)(H,18,19). The minimum absolute atomic E-state index is 0.173. The molecular formula is C14H18BrNO6. The van der Waals surface area contributed by atoms with E-state index in [0.29, 0.717) is 16.0 Å². The molecule has 0 aliphatic heterocycles. The number of hydrogen-bond donors (Lipinski definition) is 2. The molecule has 1 rings (SSSR count). The van der Waals surface area contributed by atoms with E-state index in [1.807, 2.05) is 0 Å². The molecule has 1 atom stereocenters. The zero-order chi connectivity index (χ0) is 16.7. The van der Waals surface area contributed by atoms with Gasteiger partial charge in [-0.15, -0.1) is 0 Å². The molecule has 1 aromatic rings. The largest absolute Gasteiger partial charge is 0.493 e. The van der Waals surface area contributed by atoms with Gasteiger partial charge in [0.2, 0.25) is 0 Å². The summed E-state index contributed by atoms with van der Waals surface area (Å²) in [5, 5.41) is 11.6. The van der Waals surface area contributed by atoms with E-state index in [4.69, 9.17) is 19.3 Å². The molecule has 122 valence electrons. The van der Waals surface area contributed by atoms with Crippen LogP contribution in [-0.4, -0.2) is 51.0 Å². The predicted octanol–water partition coefficient (Wildman–Crippen LogP) is 1.69. The molecule has 0 fully saturated rings. The Bertz CT molecular complexity index is 548. The maximum absolute atomic E-state index is 12.2. The summed E-state index contributed by atoms with van der Waals surface area (Å²) in [5.41, 5.74) is 0.258. The Balaban J connectivity index is 2.97. The third-order valence-corrected chi connectivity index (χ3v) is 3.50. The van der Waals surface area contributed by atoms with Gasteiger partial charge in [-0.3, -0.25) is 4.79 Å². The molecule has 0 bridgehead atoms. The lowest BCUT2D eigenvalue weighted by atomic mass is 10.1. The maximum atomic E-state index is 12.2. The Kier molecular flexibility index (Phi) is 7.13. The Morgan fingerprint density at radius 2 is 1.95 bits per heavy atom. The number of hydrogen-bond acceptors (Lipinski definition) is 5. The van der Waals surface area contributed by atoms with Crippen LogP contribution in [0, 0.1) is 0 Å². The first-order valence-corrected chi connectivity index (χ1v) is 7.18. The monoisotopic (exact) mass is 375 g/mol. The lowest BCUT2D eigenvalue weighted by Crippen LogP contribution is -2.41. The summed E-state index contributed by atoms with van der Waals surface area (Å²) >= 11 is 3.28. The van der Waals surface area contributed by atoms with E-state index in [9.17, 15) is 9.59 Å². The summed E-state index contributed by atoms with van der Waals surface area (Å²) in [5.74, 6) is -0.825. The summed E-state index contributed by atoms with van der Waals surface area (Å²) in [6, 6.07) is 1.99. The first-order valence-electron chi connectivity index (χ1n) is 6.38. The third-order valence-electron chi connectivity index (χ3n) is 2.91. The number of halogens is 1. The van der Waals surface area contributed by atoms with Gasteiger partial charge in [-0.2, -0.15) is 0 Å². The van der Waals surface area contributed by atoms with Crippen LogP contribution >= 0.6 is 15.9 Å². The van der Waals surface area contributed by atoms with Crippen LogP contribution in [0.2, 0.25) is 0 Å². The third kappa shape index (κ3) is 4.60. The number of ether oxygens (including phenoxy) is 3. The van der Waals surface area contributed by atoms with E-state index in [-0.39, 0.29) is 18.6 Å². The fourth-order valence-corrected chi connectivity index (χ4v) is 2.39. The van der Waals surface area contributed by atoms with Gasteiger partial charge in [-0.1, -0.05) is 0 Å². The topological polar surface area (TPSA) is 94.1 Å². The molecule has 0 aliphatic carbocycles. The van der Waals surface area contributed by atoms with E-state index in [2.05, 4.69) is 21.2 Å². The van der Waals surface area contributed by atoms with Gasteiger partial charge in [0.1, 0.15) is 6.04 Å². The van der Waals surface area contributed by atoms with Gasteiger partial charge in [0.25, 0.3) is 5.91 Å². The number of carboxylic acids is 1. The van der Waals surface area contributed by atoms with Gasteiger partial charge in [-0.25, -0.2) is 4.79 Å². The van der Waals surface area contributed by atoms with Crippen LogP contribution in [0.4, 0.5) is 0 Å². The van der Waals surface area contributed by atoms with Crippen LogP contribution in [0.25, 0.3) is 0 Å². The van der Waals surface area contributed by atoms with Crippen molar-refractivity contribution in [2.24, 2.45) is 0 Å². The number of carbonyl (C=O) groups is 2. The first kappa shape index (κ1) is 18.2. The van der Waals surface area contributed by atoms with Gasteiger partial charge in [-0.05, 0) is 28.1 Å². The predicted molar refractivity (Wildman–Crippen MR) is 82.6 cm³/mol. The Hall–Kier alpha value is -1.80. The van der Waals surface area contributed by atoms with Crippen molar-refractivity contribution in [1.82, 2.24) is 5.32 Å². The lowest BCUT2D eigenvalue weighted by molar-refractivity contribution is -0.139. The average Bonchev–Trinajstić information content (AvgIpc) is 2.49. The Labute approximate surface area is 136 Å². The average molecular weight is 376 g/mol. The molecule has 22 heavy (non-hydrogen) atoms. The van der Waals surface area contributed by atoms with Crippen molar-refractivity contribution in [3.05, 3.63) is 22.2 Å². The second-order valence-corrected chi connectivity index (χ2v) is 5.19. The van der Waals surface area contributed by atoms with Crippen LogP contribution in [0.5, 0.6) is 11.5 Å². The summed E-state index contributed by atoms with van der Waals surface area (Å²) in [6.07, 6.45) is 0.173. The number of benzene rings is 1. The van der Waals surface area contributed by atoms with Crippen molar-refractivity contribution in [2.75, 3.05) is 27.9 Å². The van der Waals surface area contributed by atoms with E-state index >= 15 is 0 Å². The molecule has 1 unspecified atom stereocenters. The van der Waals surface area contributed by atoms with Crippen LogP contribution < -0.4 is 14.8 Å². The highest BCUT2D eigenvalue weighted by Crippen LogP contribution is 2.36. The zero-order valence-electron chi connectivity index (χ0n) is 12.5. The van der Waals surface area contributed by atoms with Crippen LogP contribution in [0.1, 0.15) is 16.8 Å². The molecule has 2 N–H and O–H groups in total. The summed E-state index contributed by atoms with van der Waals surface area (Å²) < 4.78 is 15.7. The van der Waals surface area contributed by atoms with E-state index in [1.54, 1.807) is 0 Å². The van der Waals surface area contributed by atoms with E-state index in [1.165, 1.54) is 33.5 Å². The molecule has 1 aromatic carbocycles. The van der Waals surface area contributed by atoms with Gasteiger partial charge in [0, 0.05) is 25.7 Å². The van der Waals surface area contributed by atoms with Crippen molar-refractivity contribution in [3.8, 4) is 11.5 Å². The number of nitrogens with one attached hydrogen (secondary N) is 1. The lowest BCUT2D eigenvalue weighted by Gasteiger charge is -2.16. The van der Waals surface area contributed by atoms with Crippen molar-refractivity contribution >= 4 is 27.8 Å². The second kappa shape index (κ2) is 8.60. The molecule has 8 heteroatoms. The minimum atomic E-state index is -1.12. The summed E-state index contributed by atoms with van der Waals surface area (Å²) in [6.45, 7) is 0.229. The smallest absolute Gasteiger partial charge is 0.326 e. The minimum Gasteiger partial charge on any atom is -0.493 e. The quantitative estimate of drug-likeness (QED) is 0.717. The molecule has 7 nitrogen and oxygen atoms in total. The van der Waals surface area contributed by atoms with Gasteiger partial charge >= 0.3 is 5.97 Å². The van der Waals surface area contributed by atoms with Gasteiger partial charge in [0.15, 0.2) is 11.5 Å². The fourth-order valence-electron chi connectivity index (χ4n) is 1.78. The van der Waals surface area contributed by atoms with Crippen LogP contribution in [-0.2, 0) is 9.53 Å². The van der Waals surface area contributed by atoms with Gasteiger partial charge < -0.3 is 24.6 Å². The number of amides is 1. The second-order valence-electron chi connectivity index (χ2n) is 4.34. The number of aliphatic carboxylic acids is 1. The van der Waals surface area contributed by atoms with Gasteiger partial charge in [0.05, 0.1) is 18.7 Å². The molecule has 0 spiro atoms. The first-order chi connectivity index (χ1) is 10.4. The molecular weight excluding hydrogens is 358 g/mol. The molecule has 1 amide bonds. The molecule has 0 heterocycles. The summed E-state index contributed by atoms with van der Waals surface area (Å²) in [7, 11) is 4.39. The zero-order valence-corrected chi connectivity index (χ0v) is 14.1. The molecule has 0 radical (unpaired) electrons. The maximum Gasteiger partial charge on any atom is 0.326 e. The highest BCUT2D eigenvalue weighted by molar-refractivity contribution is 9.10. The number of carboxylic acid groups (broad SMARTS) is 1. The molecule has 0 aliphatic rings. The number of methoxy groups -OCH3 is 3. The SMILES string of the molecule is COCCC(NC(=O)c1cc(Br)c(OC)c(OC)c1)C(=O)O. The molecule has 0 saturated carbocycles. The molecule has 0 aromatic heterocycles. The Morgan fingerprint density at radius 1 is 1.27 bits per heavy atom. The normalized spacial score (nSPS) is 11.6. The van der Waals surface area contributed by atoms with Crippen molar-refractivity contribution in [3.63, 3.8) is 0 Å². The summed E-state index contributed by atoms with van der Waals surface area (Å²) in [4.78, 5) is 23.3. The highest BCUT2D eigenvalue weighted by Gasteiger charge is 2.22. The van der Waals surface area contributed by atoms with E-state index < -0.39 is 17.9 Å². The molecule has 0 saturated heterocycles.